The molecule has 0 bridgehead atoms. The molecule has 3 aromatic carbocycles. The fourth-order valence-corrected chi connectivity index (χ4v) is 3.39. The average Bonchev–Trinajstić information content (AvgIpc) is 3.08. The number of nitrogens with one attached hydrogen (secondary N) is 1. The van der Waals surface area contributed by atoms with Crippen LogP contribution in [0.2, 0.25) is 5.02 Å². The van der Waals surface area contributed by atoms with Gasteiger partial charge >= 0.3 is 0 Å². The lowest BCUT2D eigenvalue weighted by Gasteiger charge is -2.06. The van der Waals surface area contributed by atoms with E-state index in [1.54, 1.807) is 30.5 Å². The minimum atomic E-state index is -0.317. The lowest BCUT2D eigenvalue weighted by Crippen LogP contribution is -2.24. The van der Waals surface area contributed by atoms with Gasteiger partial charge in [0.25, 0.3) is 5.91 Å². The van der Waals surface area contributed by atoms with Crippen molar-refractivity contribution in [2.75, 3.05) is 6.61 Å². The zero-order valence-electron chi connectivity index (χ0n) is 14.0. The van der Waals surface area contributed by atoms with E-state index in [1.165, 1.54) is 21.9 Å². The lowest BCUT2D eigenvalue weighted by atomic mass is 10.0. The van der Waals surface area contributed by atoms with Gasteiger partial charge in [0.1, 0.15) is 5.75 Å². The summed E-state index contributed by atoms with van der Waals surface area (Å²) in [5, 5.41) is 7.20. The number of carbonyl (C=O) groups is 1. The zero-order valence-corrected chi connectivity index (χ0v) is 14.8. The first kappa shape index (κ1) is 16.6. The molecule has 0 fully saturated rings. The number of ether oxygens (including phenoxy) is 1. The first-order valence-electron chi connectivity index (χ1n) is 8.44. The molecule has 1 amide bonds. The van der Waals surface area contributed by atoms with Crippen LogP contribution in [0, 0.1) is 0 Å². The molecule has 1 aliphatic carbocycles. The molecule has 1 N–H and O–H groups in total. The van der Waals surface area contributed by atoms with Crippen LogP contribution in [0.4, 0.5) is 0 Å². The molecule has 3 aromatic rings. The molecule has 0 aromatic heterocycles. The third-order valence-electron chi connectivity index (χ3n) is 4.49. The van der Waals surface area contributed by atoms with Crippen LogP contribution >= 0.6 is 11.6 Å². The highest BCUT2D eigenvalue weighted by molar-refractivity contribution is 6.30. The SMILES string of the molecule is O=C(COc1ccc(Cl)cc1)N/N=C/c1ccc2c3c(cccc13)CC2. The maximum absolute atomic E-state index is 11.9. The predicted octanol–water partition coefficient (Wildman–Crippen LogP) is 4.12. The standard InChI is InChI=1S/C21H17ClN2O2/c22-17-8-10-18(11-9-17)26-13-20(25)24-23-12-16-7-6-15-5-4-14-2-1-3-19(16)21(14)15/h1-3,6-12H,4-5,13H2,(H,24,25)/b23-12+. The smallest absolute Gasteiger partial charge is 0.277 e. The van der Waals surface area contributed by atoms with Crippen LogP contribution in [0.15, 0.2) is 59.7 Å². The summed E-state index contributed by atoms with van der Waals surface area (Å²) in [6.07, 6.45) is 3.86. The normalized spacial score (nSPS) is 12.7. The molecule has 0 heterocycles. The van der Waals surface area contributed by atoms with E-state index in [0.717, 1.165) is 18.4 Å². The van der Waals surface area contributed by atoms with E-state index in [-0.39, 0.29) is 12.5 Å². The number of hydrogen-bond donors (Lipinski definition) is 1. The van der Waals surface area contributed by atoms with Gasteiger partial charge in [0.05, 0.1) is 6.21 Å². The Morgan fingerprint density at radius 1 is 1.08 bits per heavy atom. The molecule has 4 rings (SSSR count). The van der Waals surface area contributed by atoms with E-state index in [0.29, 0.717) is 10.8 Å². The third kappa shape index (κ3) is 3.41. The topological polar surface area (TPSA) is 50.7 Å². The third-order valence-corrected chi connectivity index (χ3v) is 4.74. The average molecular weight is 365 g/mol. The number of hydrazone groups is 1. The van der Waals surface area contributed by atoms with Crippen LogP contribution in [-0.4, -0.2) is 18.7 Å². The highest BCUT2D eigenvalue weighted by atomic mass is 35.5. The van der Waals surface area contributed by atoms with Crippen LogP contribution in [0.3, 0.4) is 0 Å². The molecule has 4 nitrogen and oxygen atoms in total. The van der Waals surface area contributed by atoms with Gasteiger partial charge in [-0.1, -0.05) is 41.9 Å². The van der Waals surface area contributed by atoms with Gasteiger partial charge in [-0.15, -0.1) is 0 Å². The predicted molar refractivity (Wildman–Crippen MR) is 104 cm³/mol. The number of carbonyl (C=O) groups excluding carboxylic acids is 1. The molecule has 5 heteroatoms. The Kier molecular flexibility index (Phi) is 4.59. The number of nitrogens with zero attached hydrogens (tertiary/aromatic N) is 1. The van der Waals surface area contributed by atoms with Gasteiger partial charge in [-0.3, -0.25) is 4.79 Å². The molecule has 0 saturated heterocycles. The maximum atomic E-state index is 11.9. The molecule has 0 atom stereocenters. The number of halogens is 1. The van der Waals surface area contributed by atoms with Crippen molar-refractivity contribution >= 4 is 34.5 Å². The fraction of sp³-hybridized carbons (Fsp3) is 0.143. The van der Waals surface area contributed by atoms with Crippen LogP contribution in [-0.2, 0) is 17.6 Å². The van der Waals surface area contributed by atoms with Gasteiger partial charge in [0.2, 0.25) is 0 Å². The molecular formula is C21H17ClN2O2. The summed E-state index contributed by atoms with van der Waals surface area (Å²) < 4.78 is 5.39. The Balaban J connectivity index is 1.40. The van der Waals surface area contributed by atoms with Crippen LogP contribution in [0.5, 0.6) is 5.75 Å². The van der Waals surface area contributed by atoms with Gasteiger partial charge in [0, 0.05) is 10.6 Å². The number of amides is 1. The molecule has 0 unspecified atom stereocenters. The van der Waals surface area contributed by atoms with E-state index < -0.39 is 0 Å². The summed E-state index contributed by atoms with van der Waals surface area (Å²) in [7, 11) is 0. The van der Waals surface area contributed by atoms with E-state index >= 15 is 0 Å². The van der Waals surface area contributed by atoms with E-state index in [9.17, 15) is 4.79 Å². The Morgan fingerprint density at radius 3 is 2.65 bits per heavy atom. The summed E-state index contributed by atoms with van der Waals surface area (Å²) in [4.78, 5) is 11.9. The molecule has 26 heavy (non-hydrogen) atoms. The minimum absolute atomic E-state index is 0.108. The number of hydrogen-bond acceptors (Lipinski definition) is 3. The first-order valence-corrected chi connectivity index (χ1v) is 8.82. The summed E-state index contributed by atoms with van der Waals surface area (Å²) in [6, 6.07) is 17.4. The highest BCUT2D eigenvalue weighted by Crippen LogP contribution is 2.32. The summed E-state index contributed by atoms with van der Waals surface area (Å²) in [5.41, 5.74) is 6.26. The second kappa shape index (κ2) is 7.18. The molecule has 0 saturated carbocycles. The maximum Gasteiger partial charge on any atom is 0.277 e. The van der Waals surface area contributed by atoms with Crippen molar-refractivity contribution in [3.63, 3.8) is 0 Å². The fourth-order valence-electron chi connectivity index (χ4n) is 3.27. The molecule has 0 aliphatic heterocycles. The Morgan fingerprint density at radius 2 is 1.85 bits per heavy atom. The molecule has 0 radical (unpaired) electrons. The quantitative estimate of drug-likeness (QED) is 0.547. The number of rotatable bonds is 5. The van der Waals surface area contributed by atoms with Crippen LogP contribution in [0.1, 0.15) is 16.7 Å². The molecule has 1 aliphatic rings. The molecule has 130 valence electrons. The van der Waals surface area contributed by atoms with Gasteiger partial charge in [-0.25, -0.2) is 5.43 Å². The highest BCUT2D eigenvalue weighted by Gasteiger charge is 2.14. The molecule has 0 spiro atoms. The van der Waals surface area contributed by atoms with Crippen molar-refractivity contribution in [3.05, 3.63) is 76.3 Å². The van der Waals surface area contributed by atoms with Crippen molar-refractivity contribution in [2.45, 2.75) is 12.8 Å². The minimum Gasteiger partial charge on any atom is -0.484 e. The zero-order chi connectivity index (χ0) is 17.9. The lowest BCUT2D eigenvalue weighted by molar-refractivity contribution is -0.123. The van der Waals surface area contributed by atoms with Gasteiger partial charge in [0.15, 0.2) is 6.61 Å². The van der Waals surface area contributed by atoms with Crippen molar-refractivity contribution in [1.29, 1.82) is 0 Å². The van der Waals surface area contributed by atoms with Gasteiger partial charge in [-0.2, -0.15) is 5.10 Å². The van der Waals surface area contributed by atoms with Crippen molar-refractivity contribution < 1.29 is 9.53 Å². The van der Waals surface area contributed by atoms with Crippen molar-refractivity contribution in [3.8, 4) is 5.75 Å². The molecular weight excluding hydrogens is 348 g/mol. The van der Waals surface area contributed by atoms with Crippen molar-refractivity contribution in [2.24, 2.45) is 5.10 Å². The van der Waals surface area contributed by atoms with Crippen molar-refractivity contribution in [1.82, 2.24) is 5.43 Å². The summed E-state index contributed by atoms with van der Waals surface area (Å²) >= 11 is 5.81. The Bertz CT molecular complexity index is 987. The first-order chi connectivity index (χ1) is 12.7. The Hall–Kier alpha value is -2.85. The van der Waals surface area contributed by atoms with Gasteiger partial charge < -0.3 is 4.74 Å². The largest absolute Gasteiger partial charge is 0.484 e. The Labute approximate surface area is 156 Å². The summed E-state index contributed by atoms with van der Waals surface area (Å²) in [5.74, 6) is 0.267. The van der Waals surface area contributed by atoms with E-state index in [2.05, 4.69) is 34.8 Å². The number of benzene rings is 3. The second-order valence-corrected chi connectivity index (χ2v) is 6.63. The van der Waals surface area contributed by atoms with Crippen LogP contribution < -0.4 is 10.2 Å². The van der Waals surface area contributed by atoms with E-state index in [4.69, 9.17) is 16.3 Å². The number of aryl methyl sites for hydroxylation is 2. The van der Waals surface area contributed by atoms with Crippen LogP contribution in [0.25, 0.3) is 10.8 Å². The van der Waals surface area contributed by atoms with E-state index in [1.807, 2.05) is 6.07 Å². The second-order valence-electron chi connectivity index (χ2n) is 6.19. The monoisotopic (exact) mass is 364 g/mol. The summed E-state index contributed by atoms with van der Waals surface area (Å²) in [6.45, 7) is -0.108. The van der Waals surface area contributed by atoms with Gasteiger partial charge in [-0.05, 0) is 59.0 Å².